The van der Waals surface area contributed by atoms with Gasteiger partial charge in [-0.25, -0.2) is 5.43 Å². The molecule has 25 heavy (non-hydrogen) atoms. The summed E-state index contributed by atoms with van der Waals surface area (Å²) in [5, 5.41) is 13.9. The van der Waals surface area contributed by atoms with E-state index in [9.17, 15) is 4.79 Å². The number of hydrogen-bond donors (Lipinski definition) is 1. The minimum Gasteiger partial charge on any atom is -0.496 e. The van der Waals surface area contributed by atoms with Crippen molar-refractivity contribution in [1.82, 2.24) is 9.99 Å². The highest BCUT2D eigenvalue weighted by Crippen LogP contribution is 2.20. The van der Waals surface area contributed by atoms with E-state index in [1.165, 1.54) is 7.11 Å². The Hall–Kier alpha value is -3.59. The van der Waals surface area contributed by atoms with Gasteiger partial charge in [0.2, 0.25) is 0 Å². The number of amides is 1. The Morgan fingerprint density at radius 1 is 1.28 bits per heavy atom. The Morgan fingerprint density at radius 3 is 2.84 bits per heavy atom. The summed E-state index contributed by atoms with van der Waals surface area (Å²) in [5.41, 5.74) is 4.69. The van der Waals surface area contributed by atoms with Crippen LogP contribution in [0.15, 0.2) is 59.8 Å². The first-order valence-electron chi connectivity index (χ1n) is 7.66. The summed E-state index contributed by atoms with van der Waals surface area (Å²) >= 11 is 0. The number of fused-ring (bicyclic) bond motifs is 1. The van der Waals surface area contributed by atoms with Gasteiger partial charge in [-0.3, -0.25) is 4.79 Å². The Bertz CT molecular complexity index is 982. The topological polar surface area (TPSA) is 79.4 Å². The zero-order valence-corrected chi connectivity index (χ0v) is 13.6. The number of ether oxygens (including phenoxy) is 1. The van der Waals surface area contributed by atoms with Crippen LogP contribution >= 0.6 is 0 Å². The highest BCUT2D eigenvalue weighted by molar-refractivity contribution is 6.01. The lowest BCUT2D eigenvalue weighted by molar-refractivity contribution is 0.0952. The first kappa shape index (κ1) is 16.3. The van der Waals surface area contributed by atoms with Gasteiger partial charge in [-0.2, -0.15) is 10.4 Å². The summed E-state index contributed by atoms with van der Waals surface area (Å²) in [4.78, 5) is 12.2. The number of methoxy groups -OCH3 is 1. The Balaban J connectivity index is 1.82. The molecule has 3 aromatic rings. The van der Waals surface area contributed by atoms with Gasteiger partial charge in [0, 0.05) is 22.7 Å². The van der Waals surface area contributed by atoms with Crippen LogP contribution < -0.4 is 10.2 Å². The maximum Gasteiger partial charge on any atom is 0.275 e. The molecule has 0 bridgehead atoms. The van der Waals surface area contributed by atoms with E-state index in [4.69, 9.17) is 10.00 Å². The van der Waals surface area contributed by atoms with E-state index < -0.39 is 0 Å². The van der Waals surface area contributed by atoms with Gasteiger partial charge in [0.1, 0.15) is 12.3 Å². The van der Waals surface area contributed by atoms with Gasteiger partial charge < -0.3 is 9.30 Å². The van der Waals surface area contributed by atoms with Crippen LogP contribution in [0.3, 0.4) is 0 Å². The molecule has 0 unspecified atom stereocenters. The molecule has 0 fully saturated rings. The number of carbonyl (C=O) groups excluding carboxylic acids is 1. The number of nitrogens with one attached hydrogen (secondary N) is 1. The number of nitrogens with zero attached hydrogens (tertiary/aromatic N) is 3. The summed E-state index contributed by atoms with van der Waals surface area (Å²) in [6.07, 6.45) is 3.41. The molecule has 0 aliphatic rings. The molecule has 0 aliphatic carbocycles. The second kappa shape index (κ2) is 7.32. The lowest BCUT2D eigenvalue weighted by Gasteiger charge is -2.05. The molecular formula is C19H16N4O2. The first-order chi connectivity index (χ1) is 12.2. The van der Waals surface area contributed by atoms with Gasteiger partial charge in [-0.1, -0.05) is 30.3 Å². The van der Waals surface area contributed by atoms with Crippen molar-refractivity contribution in [2.24, 2.45) is 5.10 Å². The molecule has 1 N–H and O–H groups in total. The SMILES string of the molecule is COc1ccccc1C(=O)NN=Cc1cn(CC#N)c2ccccc12. The van der Waals surface area contributed by atoms with E-state index in [1.807, 2.05) is 35.0 Å². The van der Waals surface area contributed by atoms with Crippen LogP contribution in [0.5, 0.6) is 5.75 Å². The highest BCUT2D eigenvalue weighted by Gasteiger charge is 2.10. The fourth-order valence-corrected chi connectivity index (χ4v) is 2.64. The number of para-hydroxylation sites is 2. The summed E-state index contributed by atoms with van der Waals surface area (Å²) in [5.74, 6) is 0.135. The van der Waals surface area contributed by atoms with Gasteiger partial charge in [0.15, 0.2) is 0 Å². The van der Waals surface area contributed by atoms with Crippen LogP contribution in [-0.4, -0.2) is 23.8 Å². The Morgan fingerprint density at radius 2 is 2.04 bits per heavy atom. The molecule has 2 aromatic carbocycles. The van der Waals surface area contributed by atoms with E-state index in [0.29, 0.717) is 11.3 Å². The van der Waals surface area contributed by atoms with E-state index in [2.05, 4.69) is 16.6 Å². The van der Waals surface area contributed by atoms with Gasteiger partial charge in [-0.15, -0.1) is 0 Å². The lowest BCUT2D eigenvalue weighted by Crippen LogP contribution is -2.18. The number of aromatic nitrogens is 1. The van der Waals surface area contributed by atoms with Crippen molar-refractivity contribution in [3.8, 4) is 11.8 Å². The third kappa shape index (κ3) is 3.35. The van der Waals surface area contributed by atoms with Gasteiger partial charge in [0.05, 0.1) is 25.0 Å². The normalized spacial score (nSPS) is 10.7. The number of benzene rings is 2. The van der Waals surface area contributed by atoms with E-state index in [0.717, 1.165) is 16.5 Å². The molecule has 1 amide bonds. The average molecular weight is 332 g/mol. The maximum absolute atomic E-state index is 12.2. The smallest absolute Gasteiger partial charge is 0.275 e. The van der Waals surface area contributed by atoms with Crippen molar-refractivity contribution in [3.63, 3.8) is 0 Å². The van der Waals surface area contributed by atoms with Crippen molar-refractivity contribution in [3.05, 3.63) is 65.9 Å². The summed E-state index contributed by atoms with van der Waals surface area (Å²) in [6, 6.07) is 16.8. The van der Waals surface area contributed by atoms with E-state index in [-0.39, 0.29) is 12.5 Å². The predicted octanol–water partition coefficient (Wildman–Crippen LogP) is 2.94. The van der Waals surface area contributed by atoms with Gasteiger partial charge in [-0.05, 0) is 18.2 Å². The zero-order valence-electron chi connectivity index (χ0n) is 13.6. The second-order valence-electron chi connectivity index (χ2n) is 5.29. The molecule has 0 aliphatic heterocycles. The van der Waals surface area contributed by atoms with E-state index in [1.54, 1.807) is 30.5 Å². The van der Waals surface area contributed by atoms with Crippen LogP contribution in [0.2, 0.25) is 0 Å². The second-order valence-corrected chi connectivity index (χ2v) is 5.29. The Labute approximate surface area is 144 Å². The molecule has 0 spiro atoms. The molecule has 6 nitrogen and oxygen atoms in total. The molecular weight excluding hydrogens is 316 g/mol. The van der Waals surface area contributed by atoms with Crippen LogP contribution in [0.25, 0.3) is 10.9 Å². The molecule has 0 saturated carbocycles. The summed E-state index contributed by atoms with van der Waals surface area (Å²) < 4.78 is 7.02. The van der Waals surface area contributed by atoms with Crippen molar-refractivity contribution in [2.45, 2.75) is 6.54 Å². The van der Waals surface area contributed by atoms with Crippen LogP contribution in [0.4, 0.5) is 0 Å². The lowest BCUT2D eigenvalue weighted by atomic mass is 10.2. The fraction of sp³-hybridized carbons (Fsp3) is 0.105. The molecule has 124 valence electrons. The molecule has 1 heterocycles. The van der Waals surface area contributed by atoms with Crippen molar-refractivity contribution < 1.29 is 9.53 Å². The van der Waals surface area contributed by atoms with Crippen LogP contribution in [-0.2, 0) is 6.54 Å². The number of nitriles is 1. The molecule has 0 atom stereocenters. The third-order valence-corrected chi connectivity index (χ3v) is 3.78. The molecule has 0 saturated heterocycles. The predicted molar refractivity (Wildman–Crippen MR) is 95.6 cm³/mol. The minimum atomic E-state index is -0.352. The van der Waals surface area contributed by atoms with Crippen LogP contribution in [0.1, 0.15) is 15.9 Å². The first-order valence-corrected chi connectivity index (χ1v) is 7.66. The number of carbonyl (C=O) groups is 1. The van der Waals surface area contributed by atoms with Crippen molar-refractivity contribution in [1.29, 1.82) is 5.26 Å². The molecule has 6 heteroatoms. The number of hydrazone groups is 1. The van der Waals surface area contributed by atoms with Crippen LogP contribution in [0, 0.1) is 11.3 Å². The standard InChI is InChI=1S/C19H16N4O2/c1-25-18-9-5-3-7-16(18)19(24)22-21-12-14-13-23(11-10-20)17-8-4-2-6-15(14)17/h2-9,12-13H,11H2,1H3,(H,22,24). The number of hydrogen-bond acceptors (Lipinski definition) is 4. The van der Waals surface area contributed by atoms with Crippen molar-refractivity contribution >= 4 is 23.0 Å². The maximum atomic E-state index is 12.2. The van der Waals surface area contributed by atoms with Crippen molar-refractivity contribution in [2.75, 3.05) is 7.11 Å². The summed E-state index contributed by atoms with van der Waals surface area (Å²) in [6.45, 7) is 0.252. The monoisotopic (exact) mass is 332 g/mol. The Kier molecular flexibility index (Phi) is 4.77. The molecule has 1 aromatic heterocycles. The highest BCUT2D eigenvalue weighted by atomic mass is 16.5. The third-order valence-electron chi connectivity index (χ3n) is 3.78. The fourth-order valence-electron chi connectivity index (χ4n) is 2.64. The summed E-state index contributed by atoms with van der Waals surface area (Å²) in [7, 11) is 1.51. The largest absolute Gasteiger partial charge is 0.496 e. The zero-order chi connectivity index (χ0) is 17.6. The van der Waals surface area contributed by atoms with Gasteiger partial charge in [0.25, 0.3) is 5.91 Å². The average Bonchev–Trinajstić information content (AvgIpc) is 3.00. The minimum absolute atomic E-state index is 0.252. The molecule has 3 rings (SSSR count). The molecule has 0 radical (unpaired) electrons. The quantitative estimate of drug-likeness (QED) is 0.576. The number of rotatable bonds is 5. The van der Waals surface area contributed by atoms with E-state index >= 15 is 0 Å². The van der Waals surface area contributed by atoms with Gasteiger partial charge >= 0.3 is 0 Å².